The second-order valence-corrected chi connectivity index (χ2v) is 15.9. The maximum Gasteiger partial charge on any atom is 0.138 e. The van der Waals surface area contributed by atoms with Gasteiger partial charge >= 0.3 is 0 Å². The molecule has 0 bridgehead atoms. The van der Waals surface area contributed by atoms with E-state index < -0.39 is 0 Å². The number of para-hydroxylation sites is 2. The number of nitrogens with zero attached hydrogens (tertiary/aromatic N) is 2. The van der Waals surface area contributed by atoms with E-state index in [0.717, 1.165) is 46.6 Å². The van der Waals surface area contributed by atoms with Crippen LogP contribution < -0.4 is 15.5 Å². The Labute approximate surface area is 324 Å². The van der Waals surface area contributed by atoms with Crippen molar-refractivity contribution in [2.24, 2.45) is 0 Å². The molecule has 0 aliphatic heterocycles. The average Bonchev–Trinajstić information content (AvgIpc) is 3.87. The Hall–Kier alpha value is -6.84. The molecular weight excluding hydrogens is 681 g/mol. The fourth-order valence-electron chi connectivity index (χ4n) is 10.2. The summed E-state index contributed by atoms with van der Waals surface area (Å²) >= 11 is 0. The highest BCUT2D eigenvalue weighted by Crippen LogP contribution is 2.56. The molecule has 2 aliphatic rings. The van der Waals surface area contributed by atoms with Crippen molar-refractivity contribution in [1.82, 2.24) is 4.57 Å². The third-order valence-corrected chi connectivity index (χ3v) is 12.5. The van der Waals surface area contributed by atoms with E-state index in [-0.39, 0.29) is 5.41 Å². The summed E-state index contributed by atoms with van der Waals surface area (Å²) in [5, 5.41) is 10.0. The number of furan rings is 1. The molecule has 2 heterocycles. The van der Waals surface area contributed by atoms with Gasteiger partial charge in [0.1, 0.15) is 11.0 Å². The van der Waals surface area contributed by atoms with Crippen LogP contribution in [-0.4, -0.2) is 4.57 Å². The van der Waals surface area contributed by atoms with Crippen LogP contribution in [0.15, 0.2) is 162 Å². The molecule has 0 radical (unpaired) electrons. The normalized spacial score (nSPS) is 14.2. The summed E-state index contributed by atoms with van der Waals surface area (Å²) in [6.07, 6.45) is 6.68. The molecule has 0 saturated heterocycles. The second-order valence-electron chi connectivity index (χ2n) is 15.9. The molecule has 12 rings (SSSR count). The first-order valence-electron chi connectivity index (χ1n) is 19.8. The van der Waals surface area contributed by atoms with Gasteiger partial charge in [-0.15, -0.1) is 0 Å². The second kappa shape index (κ2) is 11.6. The van der Waals surface area contributed by atoms with E-state index in [1.54, 1.807) is 0 Å². The SMILES string of the molecule is CC1(C)c2ccccc2-c2c1c(N(c1ccccc1)c1ccc3c(c1)c1c4ccccc4c4ccccc4c1n3-c1ccccc1)cc1oc3c(c21)=CCCC=3. The number of rotatable bonds is 4. The first kappa shape index (κ1) is 31.5. The molecule has 10 aromatic rings. The molecule has 2 aliphatic carbocycles. The van der Waals surface area contributed by atoms with Gasteiger partial charge in [0.15, 0.2) is 0 Å². The molecular formula is C53H38N2O. The van der Waals surface area contributed by atoms with Gasteiger partial charge in [-0.05, 0) is 99.8 Å². The predicted octanol–water partition coefficient (Wildman–Crippen LogP) is 13.0. The van der Waals surface area contributed by atoms with E-state index in [4.69, 9.17) is 4.42 Å². The fraction of sp³-hybridized carbons (Fsp3) is 0.0943. The van der Waals surface area contributed by atoms with Gasteiger partial charge in [-0.1, -0.05) is 129 Å². The molecule has 0 saturated carbocycles. The smallest absolute Gasteiger partial charge is 0.138 e. The van der Waals surface area contributed by atoms with Gasteiger partial charge in [0, 0.05) is 55.3 Å². The lowest BCUT2D eigenvalue weighted by Crippen LogP contribution is -2.23. The third-order valence-electron chi connectivity index (χ3n) is 12.5. The number of benzene rings is 8. The first-order chi connectivity index (χ1) is 27.6. The fourth-order valence-corrected chi connectivity index (χ4v) is 10.2. The molecule has 56 heavy (non-hydrogen) atoms. The van der Waals surface area contributed by atoms with Gasteiger partial charge in [-0.2, -0.15) is 0 Å². The van der Waals surface area contributed by atoms with Crippen molar-refractivity contribution in [3.8, 4) is 16.8 Å². The third kappa shape index (κ3) is 4.23. The minimum atomic E-state index is -0.256. The summed E-state index contributed by atoms with van der Waals surface area (Å²) in [5.41, 5.74) is 13.9. The van der Waals surface area contributed by atoms with E-state index in [1.807, 2.05) is 0 Å². The molecule has 0 fully saturated rings. The van der Waals surface area contributed by atoms with Crippen LogP contribution in [0.5, 0.6) is 0 Å². The summed E-state index contributed by atoms with van der Waals surface area (Å²) in [6.45, 7) is 4.79. The summed E-state index contributed by atoms with van der Waals surface area (Å²) in [5.74, 6) is 0. The summed E-state index contributed by atoms with van der Waals surface area (Å²) in [6, 6.07) is 57.9. The number of anilines is 3. The zero-order valence-electron chi connectivity index (χ0n) is 31.4. The van der Waals surface area contributed by atoms with Crippen molar-refractivity contribution < 1.29 is 4.42 Å². The molecule has 0 spiro atoms. The van der Waals surface area contributed by atoms with Crippen LogP contribution in [0.3, 0.4) is 0 Å². The highest BCUT2D eigenvalue weighted by atomic mass is 16.3. The molecule has 2 aromatic heterocycles. The van der Waals surface area contributed by atoms with E-state index in [9.17, 15) is 0 Å². The lowest BCUT2D eigenvalue weighted by Gasteiger charge is -2.32. The largest absolute Gasteiger partial charge is 0.456 e. The van der Waals surface area contributed by atoms with Crippen LogP contribution in [0.25, 0.3) is 83.3 Å². The monoisotopic (exact) mass is 718 g/mol. The van der Waals surface area contributed by atoms with Crippen LogP contribution in [-0.2, 0) is 5.41 Å². The van der Waals surface area contributed by atoms with Gasteiger partial charge in [0.2, 0.25) is 0 Å². The minimum absolute atomic E-state index is 0.256. The maximum absolute atomic E-state index is 6.81. The maximum atomic E-state index is 6.81. The summed E-state index contributed by atoms with van der Waals surface area (Å²) in [7, 11) is 0. The minimum Gasteiger partial charge on any atom is -0.456 e. The van der Waals surface area contributed by atoms with Crippen molar-refractivity contribution >= 4 is 83.5 Å². The number of aromatic nitrogens is 1. The van der Waals surface area contributed by atoms with Crippen LogP contribution in [0.2, 0.25) is 0 Å². The molecule has 0 amide bonds. The molecule has 8 aromatic carbocycles. The van der Waals surface area contributed by atoms with Gasteiger partial charge in [-0.25, -0.2) is 0 Å². The van der Waals surface area contributed by atoms with Crippen molar-refractivity contribution in [2.75, 3.05) is 4.90 Å². The Morgan fingerprint density at radius 3 is 2.04 bits per heavy atom. The van der Waals surface area contributed by atoms with Gasteiger partial charge in [0.05, 0.1) is 16.7 Å². The van der Waals surface area contributed by atoms with E-state index in [2.05, 4.69) is 193 Å². The van der Waals surface area contributed by atoms with E-state index in [0.29, 0.717) is 0 Å². The number of hydrogen-bond donors (Lipinski definition) is 0. The molecule has 0 N–H and O–H groups in total. The van der Waals surface area contributed by atoms with Gasteiger partial charge in [0.25, 0.3) is 0 Å². The zero-order chi connectivity index (χ0) is 37.1. The van der Waals surface area contributed by atoms with Crippen LogP contribution in [0.4, 0.5) is 17.1 Å². The quantitative estimate of drug-likeness (QED) is 0.169. The van der Waals surface area contributed by atoms with Crippen molar-refractivity contribution in [3.05, 3.63) is 179 Å². The number of fused-ring (bicyclic) bond motifs is 15. The first-order valence-corrected chi connectivity index (χ1v) is 19.8. The standard InChI is InChI=1S/C53H38N2O/c1-53(2)43-27-15-13-25-40(43)50-49-41-26-14-16-28-46(41)56-47(49)32-45(51(50)53)54(33-17-5-3-6-18-33)35-29-30-44-42(31-35)48-38-23-11-9-21-36(38)37-22-10-12-24-39(37)52(48)55(44)34-19-7-4-8-20-34/h3-13,15,17-32H,14,16H2,1-2H3. The van der Waals surface area contributed by atoms with Crippen molar-refractivity contribution in [1.29, 1.82) is 0 Å². The summed E-state index contributed by atoms with van der Waals surface area (Å²) in [4.78, 5) is 2.48. The molecule has 0 atom stereocenters. The van der Waals surface area contributed by atoms with Crippen LogP contribution in [0, 0.1) is 0 Å². The highest BCUT2D eigenvalue weighted by molar-refractivity contribution is 6.32. The molecule has 3 nitrogen and oxygen atoms in total. The van der Waals surface area contributed by atoms with Gasteiger partial charge < -0.3 is 13.9 Å². The van der Waals surface area contributed by atoms with Crippen LogP contribution >= 0.6 is 0 Å². The highest BCUT2D eigenvalue weighted by Gasteiger charge is 2.41. The van der Waals surface area contributed by atoms with E-state index in [1.165, 1.54) is 76.2 Å². The van der Waals surface area contributed by atoms with Crippen molar-refractivity contribution in [3.63, 3.8) is 0 Å². The summed E-state index contributed by atoms with van der Waals surface area (Å²) < 4.78 is 9.29. The van der Waals surface area contributed by atoms with Crippen molar-refractivity contribution in [2.45, 2.75) is 32.1 Å². The lowest BCUT2D eigenvalue weighted by atomic mass is 9.80. The topological polar surface area (TPSA) is 21.3 Å². The Kier molecular flexibility index (Phi) is 6.52. The van der Waals surface area contributed by atoms with Crippen LogP contribution in [0.1, 0.15) is 37.8 Å². The Morgan fingerprint density at radius 1 is 0.571 bits per heavy atom. The molecule has 266 valence electrons. The predicted molar refractivity (Wildman–Crippen MR) is 235 cm³/mol. The Bertz CT molecular complexity index is 3390. The van der Waals surface area contributed by atoms with E-state index >= 15 is 0 Å². The Balaban J connectivity index is 1.23. The molecule has 0 unspecified atom stereocenters. The Morgan fingerprint density at radius 2 is 1.23 bits per heavy atom. The average molecular weight is 719 g/mol. The van der Waals surface area contributed by atoms with Gasteiger partial charge in [-0.3, -0.25) is 0 Å². The lowest BCUT2D eigenvalue weighted by molar-refractivity contribution is 0.571. The zero-order valence-corrected chi connectivity index (χ0v) is 31.4. The molecule has 3 heteroatoms. The number of hydrogen-bond acceptors (Lipinski definition) is 2.